The second-order valence-electron chi connectivity index (χ2n) is 7.31. The molecule has 2 heterocycles. The summed E-state index contributed by atoms with van der Waals surface area (Å²) in [5.74, 6) is -0.575. The lowest BCUT2D eigenvalue weighted by molar-refractivity contribution is 0.0376. The van der Waals surface area contributed by atoms with Gasteiger partial charge in [0.2, 0.25) is 0 Å². The minimum Gasteiger partial charge on any atom is -0.459 e. The highest BCUT2D eigenvalue weighted by Gasteiger charge is 2.30. The molecular weight excluding hydrogens is 360 g/mol. The van der Waals surface area contributed by atoms with Crippen LogP contribution in [0.25, 0.3) is 0 Å². The summed E-state index contributed by atoms with van der Waals surface area (Å²) >= 11 is 0. The van der Waals surface area contributed by atoms with Gasteiger partial charge in [-0.1, -0.05) is 0 Å². The molecule has 1 aliphatic heterocycles. The number of amides is 3. The number of ether oxygens (including phenoxy) is 1. The van der Waals surface area contributed by atoms with Crippen LogP contribution in [0.1, 0.15) is 59.8 Å². The number of carbonyl (C=O) groups is 3. The maximum Gasteiger partial charge on any atom is 0.340 e. The van der Waals surface area contributed by atoms with Crippen LogP contribution < -0.4 is 0 Å². The third-order valence-corrected chi connectivity index (χ3v) is 5.07. The van der Waals surface area contributed by atoms with E-state index in [4.69, 9.17) is 4.74 Å². The van der Waals surface area contributed by atoms with E-state index in [1.807, 2.05) is 13.8 Å². The van der Waals surface area contributed by atoms with Gasteiger partial charge in [-0.05, 0) is 47.1 Å². The van der Waals surface area contributed by atoms with Gasteiger partial charge in [0, 0.05) is 45.0 Å². The molecule has 0 unspecified atom stereocenters. The lowest BCUT2D eigenvalue weighted by Gasteiger charge is -2.37. The summed E-state index contributed by atoms with van der Waals surface area (Å²) in [4.78, 5) is 46.1. The van der Waals surface area contributed by atoms with Crippen LogP contribution in [0.5, 0.6) is 0 Å². The van der Waals surface area contributed by atoms with Crippen molar-refractivity contribution in [2.45, 2.75) is 47.6 Å². The Morgan fingerprint density at radius 1 is 1.04 bits per heavy atom. The number of piperazine rings is 1. The zero-order valence-electron chi connectivity index (χ0n) is 17.8. The zero-order valence-corrected chi connectivity index (χ0v) is 17.8. The first-order chi connectivity index (χ1) is 13.2. The van der Waals surface area contributed by atoms with E-state index in [9.17, 15) is 14.4 Å². The number of aromatic amines is 1. The van der Waals surface area contributed by atoms with Crippen molar-refractivity contribution < 1.29 is 19.1 Å². The van der Waals surface area contributed by atoms with Crippen LogP contribution in [-0.2, 0) is 4.74 Å². The third kappa shape index (κ3) is 4.48. The highest BCUT2D eigenvalue weighted by Crippen LogP contribution is 2.21. The SMILES string of the molecule is CCN(CC)C(=O)N1CCN(C(=O)c2[nH]c(C)c(C(=O)OC(C)C)c2C)CC1. The van der Waals surface area contributed by atoms with E-state index >= 15 is 0 Å². The maximum atomic E-state index is 13.0. The van der Waals surface area contributed by atoms with Crippen LogP contribution in [0.4, 0.5) is 4.79 Å². The van der Waals surface area contributed by atoms with Gasteiger partial charge in [-0.15, -0.1) is 0 Å². The Balaban J connectivity index is 2.08. The monoisotopic (exact) mass is 392 g/mol. The molecule has 1 aromatic heterocycles. The van der Waals surface area contributed by atoms with Gasteiger partial charge in [0.05, 0.1) is 11.7 Å². The third-order valence-electron chi connectivity index (χ3n) is 5.07. The molecule has 3 amide bonds. The number of esters is 1. The molecule has 1 fully saturated rings. The first-order valence-corrected chi connectivity index (χ1v) is 9.94. The lowest BCUT2D eigenvalue weighted by atomic mass is 10.1. The number of aryl methyl sites for hydroxylation is 1. The van der Waals surface area contributed by atoms with E-state index in [1.165, 1.54) is 0 Å². The van der Waals surface area contributed by atoms with Crippen molar-refractivity contribution in [1.29, 1.82) is 0 Å². The average Bonchev–Trinajstić information content (AvgIpc) is 2.95. The molecule has 156 valence electrons. The number of nitrogens with one attached hydrogen (secondary N) is 1. The highest BCUT2D eigenvalue weighted by atomic mass is 16.5. The summed E-state index contributed by atoms with van der Waals surface area (Å²) in [5.41, 5.74) is 2.07. The van der Waals surface area contributed by atoms with Crippen LogP contribution in [-0.4, -0.2) is 83.0 Å². The molecular formula is C20H32N4O4. The maximum absolute atomic E-state index is 13.0. The predicted molar refractivity (Wildman–Crippen MR) is 107 cm³/mol. The number of hydrogen-bond acceptors (Lipinski definition) is 4. The van der Waals surface area contributed by atoms with Crippen LogP contribution >= 0.6 is 0 Å². The van der Waals surface area contributed by atoms with Crippen LogP contribution in [0, 0.1) is 13.8 Å². The van der Waals surface area contributed by atoms with Gasteiger partial charge < -0.3 is 24.4 Å². The summed E-state index contributed by atoms with van der Waals surface area (Å²) in [7, 11) is 0. The number of H-pyrrole nitrogens is 1. The molecule has 0 saturated carbocycles. The van der Waals surface area contributed by atoms with Gasteiger partial charge >= 0.3 is 12.0 Å². The molecule has 0 bridgehead atoms. The largest absolute Gasteiger partial charge is 0.459 e. The number of carbonyl (C=O) groups excluding carboxylic acids is 3. The second-order valence-corrected chi connectivity index (χ2v) is 7.31. The van der Waals surface area contributed by atoms with E-state index < -0.39 is 5.97 Å². The number of hydrogen-bond donors (Lipinski definition) is 1. The number of aromatic nitrogens is 1. The van der Waals surface area contributed by atoms with E-state index in [2.05, 4.69) is 4.98 Å². The Morgan fingerprint density at radius 3 is 2.07 bits per heavy atom. The minimum absolute atomic E-state index is 0.0164. The molecule has 0 radical (unpaired) electrons. The highest BCUT2D eigenvalue weighted by molar-refractivity contribution is 6.00. The Bertz CT molecular complexity index is 729. The van der Waals surface area contributed by atoms with Gasteiger partial charge in [0.1, 0.15) is 5.69 Å². The molecule has 1 saturated heterocycles. The number of nitrogens with zero attached hydrogens (tertiary/aromatic N) is 3. The smallest absolute Gasteiger partial charge is 0.340 e. The van der Waals surface area contributed by atoms with Crippen LogP contribution in [0.15, 0.2) is 0 Å². The molecule has 8 heteroatoms. The van der Waals surface area contributed by atoms with E-state index in [0.29, 0.717) is 61.8 Å². The van der Waals surface area contributed by atoms with Crippen molar-refractivity contribution in [3.05, 3.63) is 22.5 Å². The van der Waals surface area contributed by atoms with Crippen LogP contribution in [0.2, 0.25) is 0 Å². The van der Waals surface area contributed by atoms with Crippen molar-refractivity contribution in [3.8, 4) is 0 Å². The molecule has 1 aliphatic rings. The standard InChI is InChI=1S/C20H32N4O4/c1-7-22(8-2)20(27)24-11-9-23(10-12-24)18(25)17-14(5)16(15(6)21-17)19(26)28-13(3)4/h13,21H,7-12H2,1-6H3. The summed E-state index contributed by atoms with van der Waals surface area (Å²) in [6.07, 6.45) is -0.225. The molecule has 0 aromatic carbocycles. The fourth-order valence-corrected chi connectivity index (χ4v) is 3.50. The molecule has 1 N–H and O–H groups in total. The van der Waals surface area contributed by atoms with Crippen LogP contribution in [0.3, 0.4) is 0 Å². The van der Waals surface area contributed by atoms with Crippen molar-refractivity contribution in [2.75, 3.05) is 39.3 Å². The molecule has 0 aliphatic carbocycles. The second kappa shape index (κ2) is 9.12. The zero-order chi connectivity index (χ0) is 21.0. The summed E-state index contributed by atoms with van der Waals surface area (Å²) in [5, 5.41) is 0. The number of rotatable bonds is 5. The van der Waals surface area contributed by atoms with E-state index in [1.54, 1.807) is 42.4 Å². The van der Waals surface area contributed by atoms with Crippen molar-refractivity contribution in [3.63, 3.8) is 0 Å². The topological polar surface area (TPSA) is 86.0 Å². The molecule has 2 rings (SSSR count). The van der Waals surface area contributed by atoms with Gasteiger partial charge in [-0.3, -0.25) is 4.79 Å². The summed E-state index contributed by atoms with van der Waals surface area (Å²) in [6.45, 7) is 14.3. The van der Waals surface area contributed by atoms with Crippen molar-refractivity contribution in [2.24, 2.45) is 0 Å². The van der Waals surface area contributed by atoms with Crippen molar-refractivity contribution >= 4 is 17.9 Å². The fraction of sp³-hybridized carbons (Fsp3) is 0.650. The normalized spacial score (nSPS) is 14.4. The quantitative estimate of drug-likeness (QED) is 0.780. The van der Waals surface area contributed by atoms with Gasteiger partial charge in [-0.2, -0.15) is 0 Å². The first-order valence-electron chi connectivity index (χ1n) is 9.94. The Hall–Kier alpha value is -2.51. The van der Waals surface area contributed by atoms with E-state index in [-0.39, 0.29) is 18.0 Å². The molecule has 28 heavy (non-hydrogen) atoms. The average molecular weight is 393 g/mol. The lowest BCUT2D eigenvalue weighted by Crippen LogP contribution is -2.54. The minimum atomic E-state index is -0.421. The summed E-state index contributed by atoms with van der Waals surface area (Å²) < 4.78 is 5.29. The molecule has 0 spiro atoms. The van der Waals surface area contributed by atoms with E-state index in [0.717, 1.165) is 0 Å². The molecule has 1 aromatic rings. The van der Waals surface area contributed by atoms with Gasteiger partial charge in [0.15, 0.2) is 0 Å². The Morgan fingerprint density at radius 2 is 1.57 bits per heavy atom. The summed E-state index contributed by atoms with van der Waals surface area (Å²) in [6, 6.07) is 0.0164. The molecule has 0 atom stereocenters. The van der Waals surface area contributed by atoms with Gasteiger partial charge in [0.25, 0.3) is 5.91 Å². The Kier molecular flexibility index (Phi) is 7.10. The predicted octanol–water partition coefficient (Wildman–Crippen LogP) is 2.42. The van der Waals surface area contributed by atoms with Crippen molar-refractivity contribution in [1.82, 2.24) is 19.7 Å². The number of urea groups is 1. The van der Waals surface area contributed by atoms with Gasteiger partial charge in [-0.25, -0.2) is 9.59 Å². The fourth-order valence-electron chi connectivity index (χ4n) is 3.50. The Labute approximate surface area is 166 Å². The first kappa shape index (κ1) is 21.8. The molecule has 8 nitrogen and oxygen atoms in total.